The Morgan fingerprint density at radius 1 is 1.12 bits per heavy atom. The van der Waals surface area contributed by atoms with Gasteiger partial charge in [-0.25, -0.2) is 9.52 Å². The fourth-order valence-corrected chi connectivity index (χ4v) is 5.91. The molecule has 2 aliphatic rings. The predicted molar refractivity (Wildman–Crippen MR) is 153 cm³/mol. The first-order chi connectivity index (χ1) is 19.1. The highest BCUT2D eigenvalue weighted by molar-refractivity contribution is 8.12. The van der Waals surface area contributed by atoms with E-state index in [-0.39, 0.29) is 48.1 Å². The van der Waals surface area contributed by atoms with Crippen LogP contribution in [0, 0.1) is 5.92 Å². The Hall–Kier alpha value is -2.97. The summed E-state index contributed by atoms with van der Waals surface area (Å²) in [5.41, 5.74) is 1.24. The quantitative estimate of drug-likeness (QED) is 0.403. The Kier molecular flexibility index (Phi) is 10.2. The van der Waals surface area contributed by atoms with Crippen molar-refractivity contribution in [3.63, 3.8) is 0 Å². The summed E-state index contributed by atoms with van der Waals surface area (Å²) in [6.07, 6.45) is -1.06. The SMILES string of the molecule is CC(C)CC(=O)SNCC(=O)N(C[C@H]1CN(c2ccc(N3CCOCC3=O)cc2)C(=O)O1)C(=O)c1ccc(Cl)s1. The van der Waals surface area contributed by atoms with E-state index in [1.165, 1.54) is 11.0 Å². The average molecular weight is 609 g/mol. The second-order valence-corrected chi connectivity index (χ2v) is 12.2. The number of amides is 4. The summed E-state index contributed by atoms with van der Waals surface area (Å²) >= 11 is 7.86. The van der Waals surface area contributed by atoms with Gasteiger partial charge in [0.2, 0.25) is 11.0 Å². The molecule has 1 N–H and O–H groups in total. The summed E-state index contributed by atoms with van der Waals surface area (Å²) in [5, 5.41) is -0.116. The smallest absolute Gasteiger partial charge is 0.414 e. The van der Waals surface area contributed by atoms with Crippen molar-refractivity contribution in [3.05, 3.63) is 45.6 Å². The average Bonchev–Trinajstić information content (AvgIpc) is 3.52. The number of anilines is 2. The number of rotatable bonds is 10. The van der Waals surface area contributed by atoms with Crippen LogP contribution in [-0.2, 0) is 23.9 Å². The minimum Gasteiger partial charge on any atom is -0.442 e. The summed E-state index contributed by atoms with van der Waals surface area (Å²) in [4.78, 5) is 67.5. The fraction of sp³-hybridized carbons (Fsp3) is 0.423. The van der Waals surface area contributed by atoms with Gasteiger partial charge in [0.25, 0.3) is 11.8 Å². The number of imide groups is 1. The number of hydrogen-bond donors (Lipinski definition) is 1. The third-order valence-corrected chi connectivity index (χ3v) is 7.94. The van der Waals surface area contributed by atoms with Gasteiger partial charge in [0.1, 0.15) is 12.7 Å². The molecule has 3 heterocycles. The van der Waals surface area contributed by atoms with Crippen LogP contribution < -0.4 is 14.5 Å². The predicted octanol–water partition coefficient (Wildman–Crippen LogP) is 3.57. The first kappa shape index (κ1) is 30.0. The van der Waals surface area contributed by atoms with Crippen LogP contribution in [0.3, 0.4) is 0 Å². The van der Waals surface area contributed by atoms with Crippen LogP contribution in [0.4, 0.5) is 16.2 Å². The molecule has 0 saturated carbocycles. The minimum atomic E-state index is -0.786. The number of ether oxygens (including phenoxy) is 2. The highest BCUT2D eigenvalue weighted by Gasteiger charge is 2.37. The van der Waals surface area contributed by atoms with E-state index in [1.807, 2.05) is 13.8 Å². The molecule has 14 heteroatoms. The fourth-order valence-electron chi connectivity index (χ4n) is 4.14. The van der Waals surface area contributed by atoms with Crippen molar-refractivity contribution in [2.24, 2.45) is 5.92 Å². The number of halogens is 1. The van der Waals surface area contributed by atoms with Gasteiger partial charge >= 0.3 is 6.09 Å². The van der Waals surface area contributed by atoms with E-state index in [9.17, 15) is 24.0 Å². The molecule has 2 aromatic rings. The maximum Gasteiger partial charge on any atom is 0.414 e. The maximum atomic E-state index is 13.2. The Balaban J connectivity index is 1.42. The number of cyclic esters (lactones) is 1. The van der Waals surface area contributed by atoms with Gasteiger partial charge in [0, 0.05) is 24.3 Å². The van der Waals surface area contributed by atoms with Crippen molar-refractivity contribution >= 4 is 75.2 Å². The van der Waals surface area contributed by atoms with E-state index in [0.717, 1.165) is 28.2 Å². The molecule has 4 rings (SSSR count). The first-order valence-electron chi connectivity index (χ1n) is 12.6. The Bertz CT molecular complexity index is 1270. The second kappa shape index (κ2) is 13.6. The molecule has 40 heavy (non-hydrogen) atoms. The van der Waals surface area contributed by atoms with Gasteiger partial charge in [0.05, 0.1) is 35.5 Å². The lowest BCUT2D eigenvalue weighted by molar-refractivity contribution is -0.128. The van der Waals surface area contributed by atoms with Gasteiger partial charge in [0.15, 0.2) is 0 Å². The topological polar surface area (TPSA) is 126 Å². The van der Waals surface area contributed by atoms with E-state index in [4.69, 9.17) is 21.1 Å². The Morgan fingerprint density at radius 3 is 2.45 bits per heavy atom. The molecule has 0 radical (unpaired) electrons. The van der Waals surface area contributed by atoms with Crippen LogP contribution in [0.2, 0.25) is 4.34 Å². The van der Waals surface area contributed by atoms with E-state index in [1.54, 1.807) is 35.2 Å². The molecule has 1 aromatic heterocycles. The lowest BCUT2D eigenvalue weighted by Crippen LogP contribution is -2.45. The standard InChI is InChI=1S/C26H29ClN4O7S2/c1-16(2)11-24(34)40-28-12-22(32)31(25(35)20-7-8-21(27)39-20)14-19-13-30(26(36)38-19)18-5-3-17(4-6-18)29-9-10-37-15-23(29)33/h3-8,16,19,28H,9-15H2,1-2H3/t19-/m1/s1. The molecular weight excluding hydrogens is 580 g/mol. The van der Waals surface area contributed by atoms with Crippen LogP contribution in [0.1, 0.15) is 29.9 Å². The molecule has 4 amide bonds. The molecular formula is C26H29ClN4O7S2. The molecule has 1 aromatic carbocycles. The maximum absolute atomic E-state index is 13.2. The van der Waals surface area contributed by atoms with Gasteiger partial charge in [-0.2, -0.15) is 0 Å². The molecule has 0 unspecified atom stereocenters. The van der Waals surface area contributed by atoms with E-state index in [2.05, 4.69) is 4.72 Å². The van der Waals surface area contributed by atoms with Gasteiger partial charge in [-0.05, 0) is 54.3 Å². The van der Waals surface area contributed by atoms with Crippen LogP contribution in [0.15, 0.2) is 36.4 Å². The van der Waals surface area contributed by atoms with E-state index >= 15 is 0 Å². The van der Waals surface area contributed by atoms with Crippen molar-refractivity contribution < 1.29 is 33.4 Å². The van der Waals surface area contributed by atoms with E-state index < -0.39 is 24.0 Å². The number of nitrogens with zero attached hydrogens (tertiary/aromatic N) is 3. The summed E-state index contributed by atoms with van der Waals surface area (Å²) in [7, 11) is 0. The molecule has 0 aliphatic carbocycles. The largest absolute Gasteiger partial charge is 0.442 e. The second-order valence-electron chi connectivity index (χ2n) is 9.54. The summed E-state index contributed by atoms with van der Waals surface area (Å²) in [5.74, 6) is -1.11. The van der Waals surface area contributed by atoms with Crippen molar-refractivity contribution in [1.82, 2.24) is 9.62 Å². The lowest BCUT2D eigenvalue weighted by atomic mass is 10.2. The van der Waals surface area contributed by atoms with Crippen LogP contribution in [0.5, 0.6) is 0 Å². The van der Waals surface area contributed by atoms with Gasteiger partial charge in [-0.1, -0.05) is 25.4 Å². The molecule has 214 valence electrons. The zero-order valence-electron chi connectivity index (χ0n) is 22.0. The number of nitrogens with one attached hydrogen (secondary N) is 1. The van der Waals surface area contributed by atoms with Gasteiger partial charge in [-0.3, -0.25) is 29.0 Å². The van der Waals surface area contributed by atoms with Crippen molar-refractivity contribution in [2.45, 2.75) is 26.4 Å². The molecule has 2 fully saturated rings. The summed E-state index contributed by atoms with van der Waals surface area (Å²) in [6.45, 7) is 4.40. The highest BCUT2D eigenvalue weighted by Crippen LogP contribution is 2.27. The Labute approximate surface area is 244 Å². The van der Waals surface area contributed by atoms with Crippen LogP contribution in [0.25, 0.3) is 0 Å². The number of thiophene rings is 1. The third-order valence-electron chi connectivity index (χ3n) is 6.03. The lowest BCUT2D eigenvalue weighted by Gasteiger charge is -2.27. The zero-order chi connectivity index (χ0) is 28.8. The molecule has 11 nitrogen and oxygen atoms in total. The number of carbonyl (C=O) groups excluding carboxylic acids is 5. The van der Waals surface area contributed by atoms with Crippen molar-refractivity contribution in [3.8, 4) is 0 Å². The number of hydrogen-bond acceptors (Lipinski definition) is 10. The molecule has 0 bridgehead atoms. The molecule has 1 atom stereocenters. The minimum absolute atomic E-state index is 0.0238. The number of carbonyl (C=O) groups is 5. The number of benzene rings is 1. The Morgan fingerprint density at radius 2 is 1.82 bits per heavy atom. The monoisotopic (exact) mass is 608 g/mol. The summed E-state index contributed by atoms with van der Waals surface area (Å²) in [6, 6.07) is 9.98. The molecule has 0 spiro atoms. The summed E-state index contributed by atoms with van der Waals surface area (Å²) < 4.78 is 13.8. The molecule has 2 aliphatic heterocycles. The van der Waals surface area contributed by atoms with E-state index in [0.29, 0.717) is 35.3 Å². The zero-order valence-corrected chi connectivity index (χ0v) is 24.4. The third kappa shape index (κ3) is 7.61. The normalized spacial score (nSPS) is 17.4. The van der Waals surface area contributed by atoms with Gasteiger partial charge < -0.3 is 14.4 Å². The first-order valence-corrected chi connectivity index (χ1v) is 14.6. The van der Waals surface area contributed by atoms with Crippen molar-refractivity contribution in [2.75, 3.05) is 49.2 Å². The van der Waals surface area contributed by atoms with Crippen LogP contribution in [-0.4, -0.2) is 79.3 Å². The highest BCUT2D eigenvalue weighted by atomic mass is 35.5. The van der Waals surface area contributed by atoms with Crippen LogP contribution >= 0.6 is 34.9 Å². The van der Waals surface area contributed by atoms with Gasteiger partial charge in [-0.15, -0.1) is 11.3 Å². The number of morpholine rings is 1. The molecule has 2 saturated heterocycles. The van der Waals surface area contributed by atoms with Crippen molar-refractivity contribution in [1.29, 1.82) is 0 Å².